The van der Waals surface area contributed by atoms with Crippen molar-refractivity contribution in [3.05, 3.63) is 65.7 Å². The Hall–Kier alpha value is -3.45. The number of amides is 1. The van der Waals surface area contributed by atoms with Crippen molar-refractivity contribution in [2.24, 2.45) is 0 Å². The van der Waals surface area contributed by atoms with E-state index in [2.05, 4.69) is 20.3 Å². The van der Waals surface area contributed by atoms with E-state index in [9.17, 15) is 9.59 Å². The largest absolute Gasteiger partial charge is 0.369 e. The zero-order valence-corrected chi connectivity index (χ0v) is 17.8. The third-order valence-electron chi connectivity index (χ3n) is 5.50. The van der Waals surface area contributed by atoms with E-state index in [1.165, 1.54) is 5.56 Å². The Labute approximate surface area is 181 Å². The quantitative estimate of drug-likeness (QED) is 0.616. The van der Waals surface area contributed by atoms with Crippen molar-refractivity contribution in [1.82, 2.24) is 10.1 Å². The second-order valence-electron chi connectivity index (χ2n) is 7.86. The first-order valence-electron chi connectivity index (χ1n) is 10.4. The highest BCUT2D eigenvalue weighted by molar-refractivity contribution is 5.94. The average Bonchev–Trinajstić information content (AvgIpc) is 3.23. The lowest BCUT2D eigenvalue weighted by molar-refractivity contribution is -0.117. The number of Topliss-reactive ketones (excluding diaryl/α,β-unsaturated/α-hetero) is 1. The van der Waals surface area contributed by atoms with Crippen LogP contribution in [-0.4, -0.2) is 54.5 Å². The molecule has 2 aromatic carbocycles. The van der Waals surface area contributed by atoms with Gasteiger partial charge in [-0.2, -0.15) is 0 Å². The fourth-order valence-corrected chi connectivity index (χ4v) is 3.65. The third kappa shape index (κ3) is 5.19. The van der Waals surface area contributed by atoms with Gasteiger partial charge in [0.2, 0.25) is 11.8 Å². The van der Waals surface area contributed by atoms with Crippen LogP contribution in [0.25, 0.3) is 11.3 Å². The lowest BCUT2D eigenvalue weighted by atomic mass is 10.1. The van der Waals surface area contributed by atoms with Crippen LogP contribution in [0.5, 0.6) is 0 Å². The zero-order chi connectivity index (χ0) is 21.8. The highest BCUT2D eigenvalue weighted by Crippen LogP contribution is 2.22. The number of carbonyl (C=O) groups excluding carboxylic acids is 2. The number of hydrogen-bond donors (Lipinski definition) is 1. The van der Waals surface area contributed by atoms with Crippen LogP contribution in [0.15, 0.2) is 59.1 Å². The number of aromatic nitrogens is 1. The van der Waals surface area contributed by atoms with Crippen molar-refractivity contribution in [3.8, 4) is 11.3 Å². The Balaban J connectivity index is 1.26. The fraction of sp³-hybridized carbons (Fsp3) is 0.292. The molecule has 1 aromatic heterocycles. The van der Waals surface area contributed by atoms with Crippen molar-refractivity contribution >= 4 is 23.3 Å². The van der Waals surface area contributed by atoms with Gasteiger partial charge in [-0.05, 0) is 38.1 Å². The molecule has 1 saturated heterocycles. The van der Waals surface area contributed by atoms with Crippen molar-refractivity contribution < 1.29 is 14.1 Å². The Morgan fingerprint density at radius 3 is 2.32 bits per heavy atom. The predicted octanol–water partition coefficient (Wildman–Crippen LogP) is 3.61. The second kappa shape index (κ2) is 9.14. The number of ketones is 1. The van der Waals surface area contributed by atoms with Gasteiger partial charge in [0.25, 0.3) is 0 Å². The lowest BCUT2D eigenvalue weighted by Crippen LogP contribution is -2.48. The zero-order valence-electron chi connectivity index (χ0n) is 17.8. The summed E-state index contributed by atoms with van der Waals surface area (Å²) in [5.41, 5.74) is 4.63. The number of carbonyl (C=O) groups is 2. The molecule has 1 aliphatic heterocycles. The third-order valence-corrected chi connectivity index (χ3v) is 5.50. The molecular weight excluding hydrogens is 392 g/mol. The molecule has 1 aliphatic rings. The van der Waals surface area contributed by atoms with Crippen LogP contribution >= 0.6 is 0 Å². The van der Waals surface area contributed by atoms with E-state index in [1.54, 1.807) is 13.0 Å². The van der Waals surface area contributed by atoms with Crippen molar-refractivity contribution in [2.45, 2.75) is 13.8 Å². The number of benzene rings is 2. The summed E-state index contributed by atoms with van der Waals surface area (Å²) < 4.78 is 5.28. The average molecular weight is 418 g/mol. The molecule has 7 nitrogen and oxygen atoms in total. The normalized spacial score (nSPS) is 14.5. The number of piperazine rings is 1. The maximum Gasteiger partial charge on any atom is 0.240 e. The van der Waals surface area contributed by atoms with Crippen LogP contribution in [0.3, 0.4) is 0 Å². The molecule has 0 aliphatic carbocycles. The number of anilines is 2. The molecule has 0 atom stereocenters. The number of hydrogen-bond acceptors (Lipinski definition) is 6. The van der Waals surface area contributed by atoms with Crippen LogP contribution in [0.2, 0.25) is 0 Å². The van der Waals surface area contributed by atoms with Crippen LogP contribution in [0.1, 0.15) is 22.8 Å². The number of nitrogens with one attached hydrogen (secondary N) is 1. The summed E-state index contributed by atoms with van der Waals surface area (Å²) in [5.74, 6) is 0.302. The van der Waals surface area contributed by atoms with Crippen molar-refractivity contribution in [1.29, 1.82) is 0 Å². The second-order valence-corrected chi connectivity index (χ2v) is 7.86. The molecular formula is C24H26N4O3. The number of rotatable bonds is 6. The van der Waals surface area contributed by atoms with E-state index < -0.39 is 0 Å². The summed E-state index contributed by atoms with van der Waals surface area (Å²) >= 11 is 0. The van der Waals surface area contributed by atoms with Gasteiger partial charge in [0.1, 0.15) is 5.69 Å². The van der Waals surface area contributed by atoms with Gasteiger partial charge in [-0.1, -0.05) is 35.0 Å². The number of aryl methyl sites for hydroxylation is 1. The molecule has 1 N–H and O–H groups in total. The molecule has 0 unspecified atom stereocenters. The predicted molar refractivity (Wildman–Crippen MR) is 120 cm³/mol. The molecule has 4 rings (SSSR count). The Kier molecular flexibility index (Phi) is 6.13. The van der Waals surface area contributed by atoms with E-state index in [0.29, 0.717) is 18.1 Å². The fourth-order valence-electron chi connectivity index (χ4n) is 3.65. The van der Waals surface area contributed by atoms with Gasteiger partial charge < -0.3 is 9.42 Å². The number of nitrogens with zero attached hydrogens (tertiary/aromatic N) is 3. The van der Waals surface area contributed by atoms with Gasteiger partial charge in [-0.25, -0.2) is 0 Å². The van der Waals surface area contributed by atoms with Crippen LogP contribution in [-0.2, 0) is 4.79 Å². The maximum absolute atomic E-state index is 12.4. The molecule has 3 aromatic rings. The van der Waals surface area contributed by atoms with Crippen molar-refractivity contribution in [2.75, 3.05) is 42.9 Å². The van der Waals surface area contributed by atoms with Gasteiger partial charge in [0.15, 0.2) is 5.78 Å². The highest BCUT2D eigenvalue weighted by atomic mass is 16.5. The van der Waals surface area contributed by atoms with E-state index >= 15 is 0 Å². The maximum atomic E-state index is 12.4. The summed E-state index contributed by atoms with van der Waals surface area (Å²) in [6, 6.07) is 17.4. The smallest absolute Gasteiger partial charge is 0.240 e. The molecule has 0 radical (unpaired) electrons. The minimum absolute atomic E-state index is 0.0696. The minimum Gasteiger partial charge on any atom is -0.369 e. The van der Waals surface area contributed by atoms with Gasteiger partial charge in [-0.15, -0.1) is 0 Å². The molecule has 0 spiro atoms. The first-order valence-corrected chi connectivity index (χ1v) is 10.4. The van der Waals surface area contributed by atoms with E-state index in [4.69, 9.17) is 4.52 Å². The van der Waals surface area contributed by atoms with Gasteiger partial charge in [0.05, 0.1) is 6.54 Å². The molecule has 160 valence electrons. The summed E-state index contributed by atoms with van der Waals surface area (Å²) in [6.07, 6.45) is 0. The molecule has 2 heterocycles. The van der Waals surface area contributed by atoms with Gasteiger partial charge in [0, 0.05) is 49.1 Å². The summed E-state index contributed by atoms with van der Waals surface area (Å²) in [6.45, 7) is 7.12. The lowest BCUT2D eigenvalue weighted by Gasteiger charge is -2.35. The standard InChI is InChI=1S/C24H26N4O3/c1-17-3-5-20(6-4-17)22-15-24(31-26-22)25-23(30)16-27-11-13-28(14-12-27)21-9-7-19(8-10-21)18(2)29/h3-10,15H,11-14,16H2,1-2H3,(H,25,30). The Bertz CT molecular complexity index is 1050. The van der Waals surface area contributed by atoms with E-state index in [0.717, 1.165) is 43.0 Å². The first-order chi connectivity index (χ1) is 15.0. The molecule has 0 bridgehead atoms. The van der Waals surface area contributed by atoms with Crippen LogP contribution in [0, 0.1) is 6.92 Å². The molecule has 1 fully saturated rings. The first kappa shape index (κ1) is 20.8. The molecule has 31 heavy (non-hydrogen) atoms. The summed E-state index contributed by atoms with van der Waals surface area (Å²) in [5, 5.41) is 6.84. The molecule has 7 heteroatoms. The monoisotopic (exact) mass is 418 g/mol. The van der Waals surface area contributed by atoms with E-state index in [1.807, 2.05) is 55.5 Å². The minimum atomic E-state index is -0.120. The summed E-state index contributed by atoms with van der Waals surface area (Å²) in [7, 11) is 0. The molecule has 1 amide bonds. The highest BCUT2D eigenvalue weighted by Gasteiger charge is 2.20. The van der Waals surface area contributed by atoms with Crippen LogP contribution < -0.4 is 10.2 Å². The van der Waals surface area contributed by atoms with Crippen molar-refractivity contribution in [3.63, 3.8) is 0 Å². The topological polar surface area (TPSA) is 78.7 Å². The Morgan fingerprint density at radius 1 is 1.00 bits per heavy atom. The SMILES string of the molecule is CC(=O)c1ccc(N2CCN(CC(=O)Nc3cc(-c4ccc(C)cc4)no3)CC2)cc1. The van der Waals surface area contributed by atoms with E-state index in [-0.39, 0.29) is 11.7 Å². The van der Waals surface area contributed by atoms with Gasteiger partial charge >= 0.3 is 0 Å². The summed E-state index contributed by atoms with van der Waals surface area (Å²) in [4.78, 5) is 28.2. The Morgan fingerprint density at radius 2 is 1.68 bits per heavy atom. The van der Waals surface area contributed by atoms with Gasteiger partial charge in [-0.3, -0.25) is 19.8 Å². The van der Waals surface area contributed by atoms with Crippen LogP contribution in [0.4, 0.5) is 11.6 Å². The molecule has 0 saturated carbocycles.